The lowest BCUT2D eigenvalue weighted by atomic mass is 9.65. The van der Waals surface area contributed by atoms with Crippen LogP contribution in [0.3, 0.4) is 0 Å². The molecule has 0 bridgehead atoms. The number of carbonyl (C=O) groups is 1. The van der Waals surface area contributed by atoms with Crippen molar-refractivity contribution in [2.75, 3.05) is 13.7 Å². The van der Waals surface area contributed by atoms with Crippen molar-refractivity contribution in [2.45, 2.75) is 57.5 Å². The molecule has 0 saturated heterocycles. The second-order valence-electron chi connectivity index (χ2n) is 7.15. The van der Waals surface area contributed by atoms with Gasteiger partial charge < -0.3 is 9.47 Å². The molecule has 132 valence electrons. The van der Waals surface area contributed by atoms with Gasteiger partial charge in [0.2, 0.25) is 0 Å². The van der Waals surface area contributed by atoms with Crippen molar-refractivity contribution in [3.05, 3.63) is 35.1 Å². The summed E-state index contributed by atoms with van der Waals surface area (Å²) in [5.41, 5.74) is 1.04. The summed E-state index contributed by atoms with van der Waals surface area (Å²) in [6.07, 6.45) is 7.13. The number of benzene rings is 1. The number of hydrogen-bond acceptors (Lipinski definition) is 3. The summed E-state index contributed by atoms with van der Waals surface area (Å²) in [4.78, 5) is 11.5. The molecule has 2 aliphatic rings. The molecule has 24 heavy (non-hydrogen) atoms. The number of hydrogen-bond donors (Lipinski definition) is 0. The van der Waals surface area contributed by atoms with Crippen LogP contribution >= 0.6 is 0 Å². The Morgan fingerprint density at radius 3 is 2.62 bits per heavy atom. The number of ether oxygens (including phenoxy) is 2. The average Bonchev–Trinajstić information content (AvgIpc) is 2.61. The molecule has 4 unspecified atom stereocenters. The zero-order valence-electron chi connectivity index (χ0n) is 14.6. The maximum atomic E-state index is 14.5. The highest BCUT2D eigenvalue weighted by molar-refractivity contribution is 5.89. The van der Waals surface area contributed by atoms with Gasteiger partial charge in [0.15, 0.2) is 0 Å². The van der Waals surface area contributed by atoms with Crippen LogP contribution in [0.15, 0.2) is 18.2 Å². The maximum absolute atomic E-state index is 14.5. The van der Waals surface area contributed by atoms with Crippen molar-refractivity contribution in [1.29, 1.82) is 0 Å². The van der Waals surface area contributed by atoms with Crippen LogP contribution in [0.2, 0.25) is 0 Å². The monoisotopic (exact) mass is 334 g/mol. The Bertz CT molecular complexity index is 586. The zero-order valence-corrected chi connectivity index (χ0v) is 14.6. The van der Waals surface area contributed by atoms with Gasteiger partial charge in [-0.25, -0.2) is 9.18 Å². The number of methoxy groups -OCH3 is 1. The SMILES string of the molecule is CCOC1CCC2CC(c3ccc(C(=O)OC)cc3F)CCC2C1. The summed E-state index contributed by atoms with van der Waals surface area (Å²) in [5.74, 6) is 0.911. The largest absolute Gasteiger partial charge is 0.465 e. The van der Waals surface area contributed by atoms with Gasteiger partial charge in [0, 0.05) is 6.61 Å². The molecular weight excluding hydrogens is 307 g/mol. The number of halogens is 1. The van der Waals surface area contributed by atoms with Crippen molar-refractivity contribution >= 4 is 5.97 Å². The predicted octanol–water partition coefficient (Wildman–Crippen LogP) is 4.70. The van der Waals surface area contributed by atoms with Gasteiger partial charge in [-0.15, -0.1) is 0 Å². The predicted molar refractivity (Wildman–Crippen MR) is 90.6 cm³/mol. The van der Waals surface area contributed by atoms with Crippen LogP contribution in [0.25, 0.3) is 0 Å². The lowest BCUT2D eigenvalue weighted by Crippen LogP contribution is -2.34. The molecular formula is C20H27FO3. The van der Waals surface area contributed by atoms with Crippen LogP contribution in [0, 0.1) is 17.7 Å². The summed E-state index contributed by atoms with van der Waals surface area (Å²) >= 11 is 0. The van der Waals surface area contributed by atoms with E-state index in [0.29, 0.717) is 12.0 Å². The molecule has 0 aromatic heterocycles. The third kappa shape index (κ3) is 3.64. The first-order chi connectivity index (χ1) is 11.6. The topological polar surface area (TPSA) is 35.5 Å². The zero-order chi connectivity index (χ0) is 17.1. The van der Waals surface area contributed by atoms with E-state index in [4.69, 9.17) is 4.74 Å². The highest BCUT2D eigenvalue weighted by Gasteiger charge is 2.36. The molecule has 2 saturated carbocycles. The van der Waals surface area contributed by atoms with Crippen molar-refractivity contribution in [3.8, 4) is 0 Å². The van der Waals surface area contributed by atoms with Crippen LogP contribution < -0.4 is 0 Å². The Hall–Kier alpha value is -1.42. The van der Waals surface area contributed by atoms with Gasteiger partial charge in [0.1, 0.15) is 5.82 Å². The first-order valence-corrected chi connectivity index (χ1v) is 9.11. The van der Waals surface area contributed by atoms with Crippen LogP contribution in [0.1, 0.15) is 67.3 Å². The molecule has 4 heteroatoms. The van der Waals surface area contributed by atoms with Gasteiger partial charge in [0.05, 0.1) is 18.8 Å². The minimum absolute atomic E-state index is 0.265. The normalized spacial score (nSPS) is 29.8. The molecule has 0 amide bonds. The van der Waals surface area contributed by atoms with E-state index in [9.17, 15) is 9.18 Å². The standard InChI is InChI=1S/C20H27FO3/c1-3-24-17-8-6-13-10-15(5-4-14(13)11-17)18-9-7-16(12-19(18)21)20(22)23-2/h7,9,12-15,17H,3-6,8,10-11H2,1-2H3. The minimum atomic E-state index is -0.488. The lowest BCUT2D eigenvalue weighted by Gasteiger charge is -2.42. The highest BCUT2D eigenvalue weighted by atomic mass is 19.1. The molecule has 0 radical (unpaired) electrons. The van der Waals surface area contributed by atoms with Crippen LogP contribution in [-0.2, 0) is 9.47 Å². The Labute approximate surface area is 143 Å². The molecule has 0 heterocycles. The van der Waals surface area contributed by atoms with E-state index in [0.717, 1.165) is 50.2 Å². The summed E-state index contributed by atoms with van der Waals surface area (Å²) < 4.78 is 25.0. The van der Waals surface area contributed by atoms with E-state index in [1.807, 2.05) is 0 Å². The summed E-state index contributed by atoms with van der Waals surface area (Å²) in [5, 5.41) is 0. The number of esters is 1. The second-order valence-corrected chi connectivity index (χ2v) is 7.15. The van der Waals surface area contributed by atoms with Gasteiger partial charge >= 0.3 is 5.97 Å². The van der Waals surface area contributed by atoms with Gasteiger partial charge in [-0.1, -0.05) is 6.07 Å². The Balaban J connectivity index is 1.67. The molecule has 1 aromatic rings. The average molecular weight is 334 g/mol. The number of carbonyl (C=O) groups excluding carboxylic acids is 1. The second kappa shape index (κ2) is 7.64. The summed E-state index contributed by atoms with van der Waals surface area (Å²) in [7, 11) is 1.31. The van der Waals surface area contributed by atoms with E-state index in [1.165, 1.54) is 19.6 Å². The molecule has 0 spiro atoms. The van der Waals surface area contributed by atoms with Crippen LogP contribution in [-0.4, -0.2) is 25.8 Å². The minimum Gasteiger partial charge on any atom is -0.465 e. The van der Waals surface area contributed by atoms with E-state index in [2.05, 4.69) is 11.7 Å². The van der Waals surface area contributed by atoms with E-state index in [-0.39, 0.29) is 17.3 Å². The van der Waals surface area contributed by atoms with E-state index >= 15 is 0 Å². The maximum Gasteiger partial charge on any atom is 0.337 e. The third-order valence-electron chi connectivity index (χ3n) is 5.83. The quantitative estimate of drug-likeness (QED) is 0.749. The molecule has 2 aliphatic carbocycles. The van der Waals surface area contributed by atoms with E-state index in [1.54, 1.807) is 12.1 Å². The molecule has 2 fully saturated rings. The van der Waals surface area contributed by atoms with Gasteiger partial charge in [-0.05, 0) is 80.9 Å². The van der Waals surface area contributed by atoms with Crippen LogP contribution in [0.4, 0.5) is 4.39 Å². The number of fused-ring (bicyclic) bond motifs is 1. The molecule has 3 rings (SSSR count). The summed E-state index contributed by atoms with van der Waals surface area (Å²) in [6.45, 7) is 2.85. The fraction of sp³-hybridized carbons (Fsp3) is 0.650. The van der Waals surface area contributed by atoms with Crippen molar-refractivity contribution in [3.63, 3.8) is 0 Å². The van der Waals surface area contributed by atoms with Gasteiger partial charge in [0.25, 0.3) is 0 Å². The third-order valence-corrected chi connectivity index (χ3v) is 5.83. The molecule has 4 atom stereocenters. The van der Waals surface area contributed by atoms with Gasteiger partial charge in [-0.3, -0.25) is 0 Å². The van der Waals surface area contributed by atoms with Crippen molar-refractivity contribution in [2.24, 2.45) is 11.8 Å². The van der Waals surface area contributed by atoms with Crippen molar-refractivity contribution < 1.29 is 18.7 Å². The first-order valence-electron chi connectivity index (χ1n) is 9.11. The number of rotatable bonds is 4. The molecule has 3 nitrogen and oxygen atoms in total. The van der Waals surface area contributed by atoms with Crippen LogP contribution in [0.5, 0.6) is 0 Å². The molecule has 1 aromatic carbocycles. The smallest absolute Gasteiger partial charge is 0.337 e. The Kier molecular flexibility index (Phi) is 5.54. The highest BCUT2D eigenvalue weighted by Crippen LogP contribution is 2.47. The van der Waals surface area contributed by atoms with E-state index < -0.39 is 5.97 Å². The molecule has 0 N–H and O–H groups in total. The summed E-state index contributed by atoms with van der Waals surface area (Å²) in [6, 6.07) is 4.78. The Morgan fingerprint density at radius 1 is 1.17 bits per heavy atom. The Morgan fingerprint density at radius 2 is 1.92 bits per heavy atom. The lowest BCUT2D eigenvalue weighted by molar-refractivity contribution is -0.00968. The fourth-order valence-electron chi connectivity index (χ4n) is 4.62. The first kappa shape index (κ1) is 17.4. The van der Waals surface area contributed by atoms with Gasteiger partial charge in [-0.2, -0.15) is 0 Å². The van der Waals surface area contributed by atoms with Crippen molar-refractivity contribution in [1.82, 2.24) is 0 Å². The molecule has 0 aliphatic heterocycles. The fourth-order valence-corrected chi connectivity index (χ4v) is 4.62.